The first-order valence-corrected chi connectivity index (χ1v) is 19.9. The number of para-hydroxylation sites is 1. The normalized spacial score (nSPS) is 12.1. The molecule has 0 aliphatic carbocycles. The molecule has 12 rings (SSSR count). The third-order valence-corrected chi connectivity index (χ3v) is 13.3. The molecule has 0 saturated carbocycles. The van der Waals surface area contributed by atoms with E-state index in [1.807, 2.05) is 22.7 Å². The Bertz CT molecular complexity index is 3460. The molecule has 2 nitrogen and oxygen atoms in total. The Morgan fingerprint density at radius 3 is 1.93 bits per heavy atom. The van der Waals surface area contributed by atoms with E-state index in [0.29, 0.717) is 0 Å². The summed E-state index contributed by atoms with van der Waals surface area (Å²) in [6.07, 6.45) is 0. The van der Waals surface area contributed by atoms with E-state index >= 15 is 0 Å². The van der Waals surface area contributed by atoms with E-state index in [-0.39, 0.29) is 0 Å². The highest BCUT2D eigenvalue weighted by Crippen LogP contribution is 2.49. The number of anilines is 3. The largest absolute Gasteiger partial charge is 0.455 e. The van der Waals surface area contributed by atoms with Crippen LogP contribution in [0.4, 0.5) is 17.1 Å². The average molecular weight is 724 g/mol. The second kappa shape index (κ2) is 11.5. The molecule has 54 heavy (non-hydrogen) atoms. The smallest absolute Gasteiger partial charge is 0.144 e. The van der Waals surface area contributed by atoms with E-state index < -0.39 is 0 Å². The minimum atomic E-state index is 0.917. The maximum atomic E-state index is 6.69. The molecule has 0 unspecified atom stereocenters. The average Bonchev–Trinajstić information content (AvgIpc) is 3.92. The molecular weight excluding hydrogens is 695 g/mol. The van der Waals surface area contributed by atoms with Crippen LogP contribution in [0.5, 0.6) is 0 Å². The van der Waals surface area contributed by atoms with Crippen LogP contribution in [0.25, 0.3) is 95.0 Å². The van der Waals surface area contributed by atoms with E-state index in [1.165, 1.54) is 73.0 Å². The summed E-state index contributed by atoms with van der Waals surface area (Å²) in [6.45, 7) is 0. The van der Waals surface area contributed by atoms with Gasteiger partial charge in [-0.05, 0) is 99.4 Å². The minimum absolute atomic E-state index is 0.917. The van der Waals surface area contributed by atoms with E-state index in [2.05, 4.69) is 181 Å². The fourth-order valence-electron chi connectivity index (χ4n) is 8.62. The van der Waals surface area contributed by atoms with Crippen molar-refractivity contribution < 1.29 is 4.42 Å². The van der Waals surface area contributed by atoms with Crippen LogP contribution in [0.3, 0.4) is 0 Å². The first-order valence-electron chi connectivity index (χ1n) is 18.2. The maximum Gasteiger partial charge on any atom is 0.144 e. The second-order valence-electron chi connectivity index (χ2n) is 14.0. The Morgan fingerprint density at radius 2 is 1.04 bits per heavy atom. The molecule has 252 valence electrons. The van der Waals surface area contributed by atoms with Gasteiger partial charge in [-0.25, -0.2) is 0 Å². The number of furan rings is 1. The van der Waals surface area contributed by atoms with Crippen LogP contribution < -0.4 is 4.90 Å². The molecule has 0 aliphatic rings. The zero-order valence-electron chi connectivity index (χ0n) is 28.9. The van der Waals surface area contributed by atoms with E-state index in [4.69, 9.17) is 4.42 Å². The lowest BCUT2D eigenvalue weighted by molar-refractivity contribution is 0.673. The predicted octanol–water partition coefficient (Wildman–Crippen LogP) is 15.8. The molecule has 0 radical (unpaired) electrons. The zero-order valence-corrected chi connectivity index (χ0v) is 30.5. The van der Waals surface area contributed by atoms with Gasteiger partial charge in [-0.15, -0.1) is 22.7 Å². The molecule has 0 saturated heterocycles. The van der Waals surface area contributed by atoms with Crippen molar-refractivity contribution in [3.05, 3.63) is 176 Å². The number of fused-ring (bicyclic) bond motifs is 13. The lowest BCUT2D eigenvalue weighted by Crippen LogP contribution is -2.10. The van der Waals surface area contributed by atoms with Crippen molar-refractivity contribution in [3.63, 3.8) is 0 Å². The highest BCUT2D eigenvalue weighted by atomic mass is 32.1. The van der Waals surface area contributed by atoms with E-state index in [1.54, 1.807) is 0 Å². The summed E-state index contributed by atoms with van der Waals surface area (Å²) in [5, 5.41) is 12.4. The number of hydrogen-bond donors (Lipinski definition) is 0. The van der Waals surface area contributed by atoms with Crippen LogP contribution in [0, 0.1) is 0 Å². The highest BCUT2D eigenvalue weighted by molar-refractivity contribution is 7.26. The van der Waals surface area contributed by atoms with Crippen LogP contribution in [0.15, 0.2) is 180 Å². The van der Waals surface area contributed by atoms with Gasteiger partial charge in [-0.2, -0.15) is 0 Å². The van der Waals surface area contributed by atoms with Crippen molar-refractivity contribution in [2.24, 2.45) is 0 Å². The molecule has 0 N–H and O–H groups in total. The standard InChI is InChI=1S/C50H29NOS2/c1-2-11-34-31(10-1)28-41(36-13-4-3-12-35(34)36)30-20-22-32(23-21-30)51(33-24-25-39-38-15-6-8-18-44(38)53-47(39)29-33)42-16-9-19-45-48(42)49-46(54-45)27-26-40-37-14-5-7-17-43(37)52-50(40)49/h1-29H. The summed E-state index contributed by atoms with van der Waals surface area (Å²) < 4.78 is 11.7. The molecule has 0 bridgehead atoms. The zero-order chi connectivity index (χ0) is 35.3. The highest BCUT2D eigenvalue weighted by Gasteiger charge is 2.22. The van der Waals surface area contributed by atoms with Gasteiger partial charge in [0.2, 0.25) is 0 Å². The summed E-state index contributed by atoms with van der Waals surface area (Å²) in [4.78, 5) is 2.45. The van der Waals surface area contributed by atoms with Crippen LogP contribution in [-0.2, 0) is 0 Å². The molecule has 4 heteroatoms. The summed E-state index contributed by atoms with van der Waals surface area (Å²) in [6, 6.07) is 64.3. The van der Waals surface area contributed by atoms with Gasteiger partial charge in [0, 0.05) is 62.5 Å². The summed E-state index contributed by atoms with van der Waals surface area (Å²) in [7, 11) is 0. The maximum absolute atomic E-state index is 6.69. The first kappa shape index (κ1) is 30.0. The van der Waals surface area contributed by atoms with Gasteiger partial charge in [0.05, 0.1) is 5.69 Å². The minimum Gasteiger partial charge on any atom is -0.455 e. The number of rotatable bonds is 4. The first-order chi connectivity index (χ1) is 26.8. The molecule has 0 spiro atoms. The second-order valence-corrected chi connectivity index (χ2v) is 16.2. The van der Waals surface area contributed by atoms with Gasteiger partial charge >= 0.3 is 0 Å². The Morgan fingerprint density at radius 1 is 0.389 bits per heavy atom. The molecule has 0 aliphatic heterocycles. The molecule has 0 fully saturated rings. The monoisotopic (exact) mass is 723 g/mol. The van der Waals surface area contributed by atoms with Crippen molar-refractivity contribution in [2.75, 3.05) is 4.90 Å². The van der Waals surface area contributed by atoms with Crippen molar-refractivity contribution in [3.8, 4) is 11.1 Å². The molecule has 3 aromatic heterocycles. The summed E-state index contributed by atoms with van der Waals surface area (Å²) >= 11 is 3.69. The van der Waals surface area contributed by atoms with Gasteiger partial charge in [-0.1, -0.05) is 109 Å². The molecule has 0 amide bonds. The number of nitrogens with zero attached hydrogens (tertiary/aromatic N) is 1. The molecular formula is C50H29NOS2. The third-order valence-electron chi connectivity index (χ3n) is 11.0. The Labute approximate surface area is 318 Å². The van der Waals surface area contributed by atoms with Gasteiger partial charge in [-0.3, -0.25) is 0 Å². The van der Waals surface area contributed by atoms with Crippen LogP contribution in [-0.4, -0.2) is 0 Å². The molecule has 9 aromatic carbocycles. The molecule has 0 atom stereocenters. The lowest BCUT2D eigenvalue weighted by atomic mass is 9.93. The molecule has 3 heterocycles. The lowest BCUT2D eigenvalue weighted by Gasteiger charge is -2.27. The van der Waals surface area contributed by atoms with Crippen LogP contribution in [0.2, 0.25) is 0 Å². The number of thiophene rings is 2. The van der Waals surface area contributed by atoms with Crippen molar-refractivity contribution >= 4 is 124 Å². The predicted molar refractivity (Wildman–Crippen MR) is 235 cm³/mol. The van der Waals surface area contributed by atoms with Crippen molar-refractivity contribution in [1.29, 1.82) is 0 Å². The summed E-state index contributed by atoms with van der Waals surface area (Å²) in [5.74, 6) is 0. The van der Waals surface area contributed by atoms with Crippen LogP contribution >= 0.6 is 22.7 Å². The van der Waals surface area contributed by atoms with Gasteiger partial charge in [0.25, 0.3) is 0 Å². The van der Waals surface area contributed by atoms with E-state index in [0.717, 1.165) is 39.0 Å². The van der Waals surface area contributed by atoms with Gasteiger partial charge < -0.3 is 9.32 Å². The Kier molecular flexibility index (Phi) is 6.41. The SMILES string of the molecule is c1ccc2c(c1)cc(-c1ccc(N(c3ccc4c(c3)sc3ccccc34)c3cccc4sc5ccc6c7ccccc7oc6c5c34)cc1)c1ccccc12. The number of benzene rings is 9. The van der Waals surface area contributed by atoms with Crippen molar-refractivity contribution in [2.45, 2.75) is 0 Å². The Balaban J connectivity index is 1.11. The van der Waals surface area contributed by atoms with Crippen molar-refractivity contribution in [1.82, 2.24) is 0 Å². The Hall–Kier alpha value is -6.46. The van der Waals surface area contributed by atoms with Crippen LogP contribution in [0.1, 0.15) is 0 Å². The quantitative estimate of drug-likeness (QED) is 0.168. The van der Waals surface area contributed by atoms with E-state index in [9.17, 15) is 0 Å². The number of hydrogen-bond acceptors (Lipinski definition) is 4. The molecule has 12 aromatic rings. The van der Waals surface area contributed by atoms with Gasteiger partial charge in [0.15, 0.2) is 0 Å². The third kappa shape index (κ3) is 4.38. The fourth-order valence-corrected chi connectivity index (χ4v) is 10.9. The fraction of sp³-hybridized carbons (Fsp3) is 0. The topological polar surface area (TPSA) is 16.4 Å². The van der Waals surface area contributed by atoms with Gasteiger partial charge in [0.1, 0.15) is 11.2 Å². The summed E-state index contributed by atoms with van der Waals surface area (Å²) in [5.41, 5.74) is 7.67.